The highest BCUT2D eigenvalue weighted by molar-refractivity contribution is 8.14. The number of hydrogen-bond acceptors (Lipinski definition) is 4. The maximum atomic E-state index is 12.8. The first-order valence-corrected chi connectivity index (χ1v) is 9.64. The maximum Gasteiger partial charge on any atom is 0.207 e. The molecule has 0 heterocycles. The quantitative estimate of drug-likeness (QED) is 0.842. The van der Waals surface area contributed by atoms with Gasteiger partial charge in [-0.1, -0.05) is 59.8 Å². The van der Waals surface area contributed by atoms with E-state index in [1.165, 1.54) is 12.1 Å². The summed E-state index contributed by atoms with van der Waals surface area (Å²) < 4.78 is 25.5. The summed E-state index contributed by atoms with van der Waals surface area (Å²) in [5.41, 5.74) is 1.94. The summed E-state index contributed by atoms with van der Waals surface area (Å²) in [6, 6.07) is 15.7. The molecule has 0 saturated heterocycles. The molecule has 1 unspecified atom stereocenters. The Hall–Kier alpha value is -1.59. The number of hydrogen-bond donors (Lipinski definition) is 0. The molecule has 1 atom stereocenters. The van der Waals surface area contributed by atoms with E-state index in [0.29, 0.717) is 0 Å². The molecule has 0 spiro atoms. The second-order valence-electron chi connectivity index (χ2n) is 5.06. The Kier molecular flexibility index (Phi) is 5.42. The van der Waals surface area contributed by atoms with Crippen LogP contribution in [0, 0.1) is 6.92 Å². The fraction of sp³-hybridized carbons (Fsp3) is 0.235. The number of carbonyl (C=O) groups excluding carboxylic acids is 1. The van der Waals surface area contributed by atoms with Crippen LogP contribution in [0.15, 0.2) is 59.5 Å². The zero-order valence-electron chi connectivity index (χ0n) is 12.5. The molecule has 5 heteroatoms. The highest BCUT2D eigenvalue weighted by Gasteiger charge is 2.33. The first-order chi connectivity index (χ1) is 10.4. The third-order valence-electron chi connectivity index (χ3n) is 3.45. The summed E-state index contributed by atoms with van der Waals surface area (Å²) in [6.07, 6.45) is 1.81. The summed E-state index contributed by atoms with van der Waals surface area (Å²) in [7, 11) is -3.69. The second-order valence-corrected chi connectivity index (χ2v) is 8.00. The topological polar surface area (TPSA) is 51.2 Å². The van der Waals surface area contributed by atoms with E-state index >= 15 is 0 Å². The number of benzene rings is 2. The van der Waals surface area contributed by atoms with Crippen LogP contribution in [0.1, 0.15) is 11.1 Å². The van der Waals surface area contributed by atoms with Crippen LogP contribution >= 0.6 is 11.8 Å². The van der Waals surface area contributed by atoms with Crippen molar-refractivity contribution in [2.45, 2.75) is 23.5 Å². The van der Waals surface area contributed by atoms with Gasteiger partial charge in [0.05, 0.1) is 4.90 Å². The summed E-state index contributed by atoms with van der Waals surface area (Å²) >= 11 is 0.959. The van der Waals surface area contributed by atoms with Gasteiger partial charge in [0, 0.05) is 0 Å². The van der Waals surface area contributed by atoms with E-state index in [1.54, 1.807) is 24.5 Å². The average molecular weight is 334 g/mol. The third kappa shape index (κ3) is 3.78. The molecule has 0 aromatic heterocycles. The van der Waals surface area contributed by atoms with E-state index in [4.69, 9.17) is 0 Å². The van der Waals surface area contributed by atoms with Crippen molar-refractivity contribution in [1.82, 2.24) is 0 Å². The number of sulfone groups is 1. The van der Waals surface area contributed by atoms with Gasteiger partial charge in [0.25, 0.3) is 0 Å². The minimum atomic E-state index is -3.69. The van der Waals surface area contributed by atoms with Crippen molar-refractivity contribution >= 4 is 26.7 Å². The largest absolute Gasteiger partial charge is 0.286 e. The molecule has 2 aromatic rings. The van der Waals surface area contributed by atoms with E-state index in [2.05, 4.69) is 0 Å². The Morgan fingerprint density at radius 2 is 1.64 bits per heavy atom. The van der Waals surface area contributed by atoms with Crippen LogP contribution in [0.25, 0.3) is 0 Å². The van der Waals surface area contributed by atoms with Crippen molar-refractivity contribution < 1.29 is 13.2 Å². The lowest BCUT2D eigenvalue weighted by Gasteiger charge is -2.16. The molecule has 0 aliphatic heterocycles. The van der Waals surface area contributed by atoms with Gasteiger partial charge in [-0.25, -0.2) is 8.42 Å². The monoisotopic (exact) mass is 334 g/mol. The van der Waals surface area contributed by atoms with Gasteiger partial charge in [0.2, 0.25) is 5.12 Å². The first-order valence-electron chi connectivity index (χ1n) is 6.87. The Morgan fingerprint density at radius 3 is 2.18 bits per heavy atom. The highest BCUT2D eigenvalue weighted by Crippen LogP contribution is 2.23. The molecule has 2 aromatic carbocycles. The summed E-state index contributed by atoms with van der Waals surface area (Å²) in [5, 5.41) is -1.39. The minimum absolute atomic E-state index is 0.189. The van der Waals surface area contributed by atoms with Gasteiger partial charge < -0.3 is 0 Å². The van der Waals surface area contributed by atoms with Crippen LogP contribution in [0.5, 0.6) is 0 Å². The molecule has 0 amide bonds. The molecule has 0 bridgehead atoms. The molecular formula is C17H18O3S2. The van der Waals surface area contributed by atoms with Crippen LogP contribution in [-0.4, -0.2) is 25.0 Å². The van der Waals surface area contributed by atoms with Gasteiger partial charge in [-0.15, -0.1) is 0 Å². The van der Waals surface area contributed by atoms with Gasteiger partial charge in [-0.2, -0.15) is 0 Å². The summed E-state index contributed by atoms with van der Waals surface area (Å²) in [4.78, 5) is 12.4. The van der Waals surface area contributed by atoms with Crippen molar-refractivity contribution in [3.63, 3.8) is 0 Å². The Balaban J connectivity index is 2.38. The van der Waals surface area contributed by atoms with Crippen LogP contribution < -0.4 is 0 Å². The van der Waals surface area contributed by atoms with E-state index in [9.17, 15) is 13.2 Å². The fourth-order valence-corrected chi connectivity index (χ4v) is 4.71. The lowest BCUT2D eigenvalue weighted by Crippen LogP contribution is -2.30. The minimum Gasteiger partial charge on any atom is -0.286 e. The lowest BCUT2D eigenvalue weighted by molar-refractivity contribution is -0.110. The van der Waals surface area contributed by atoms with Crippen molar-refractivity contribution in [3.05, 3.63) is 65.7 Å². The summed E-state index contributed by atoms with van der Waals surface area (Å²) in [6.45, 7) is 1.97. The van der Waals surface area contributed by atoms with Crippen molar-refractivity contribution in [1.29, 1.82) is 0 Å². The molecule has 3 nitrogen and oxygen atoms in total. The number of carbonyl (C=O) groups is 1. The molecule has 0 saturated carbocycles. The molecule has 116 valence electrons. The van der Waals surface area contributed by atoms with Crippen LogP contribution in [0.2, 0.25) is 0 Å². The van der Waals surface area contributed by atoms with E-state index in [1.807, 2.05) is 31.2 Å². The fourth-order valence-electron chi connectivity index (χ4n) is 2.16. The Morgan fingerprint density at radius 1 is 1.05 bits per heavy atom. The number of thioether (sulfide) groups is 1. The maximum absolute atomic E-state index is 12.8. The van der Waals surface area contributed by atoms with Gasteiger partial charge >= 0.3 is 0 Å². The molecule has 0 fully saturated rings. The molecule has 0 N–H and O–H groups in total. The van der Waals surface area contributed by atoms with Gasteiger partial charge in [0.1, 0.15) is 5.25 Å². The predicted octanol–water partition coefficient (Wildman–Crippen LogP) is 3.27. The predicted molar refractivity (Wildman–Crippen MR) is 90.8 cm³/mol. The smallest absolute Gasteiger partial charge is 0.207 e. The van der Waals surface area contributed by atoms with Gasteiger partial charge in [-0.3, -0.25) is 4.79 Å². The Bertz CT molecular complexity index is 735. The SMILES string of the molecule is CSC(=O)C(Cc1ccc(C)cc1)S(=O)(=O)c1ccccc1. The highest BCUT2D eigenvalue weighted by atomic mass is 32.2. The molecule has 22 heavy (non-hydrogen) atoms. The van der Waals surface area contributed by atoms with E-state index in [-0.39, 0.29) is 16.4 Å². The first kappa shape index (κ1) is 16.8. The van der Waals surface area contributed by atoms with Crippen molar-refractivity contribution in [2.24, 2.45) is 0 Å². The molecule has 2 rings (SSSR count). The summed E-state index contributed by atoms with van der Waals surface area (Å²) in [5.74, 6) is 0. The van der Waals surface area contributed by atoms with Crippen LogP contribution in [0.3, 0.4) is 0 Å². The third-order valence-corrected chi connectivity index (χ3v) is 6.35. The van der Waals surface area contributed by atoms with Gasteiger partial charge in [0.15, 0.2) is 9.84 Å². The van der Waals surface area contributed by atoms with Gasteiger partial charge in [-0.05, 0) is 37.3 Å². The Labute approximate surface area is 135 Å². The zero-order valence-corrected chi connectivity index (χ0v) is 14.2. The molecule has 0 aliphatic carbocycles. The lowest BCUT2D eigenvalue weighted by atomic mass is 10.1. The van der Waals surface area contributed by atoms with E-state index < -0.39 is 15.1 Å². The number of rotatable bonds is 5. The average Bonchev–Trinajstić information content (AvgIpc) is 2.54. The standard InChI is InChI=1S/C17H18O3S2/c1-13-8-10-14(11-9-13)12-16(17(18)21-2)22(19,20)15-6-4-3-5-7-15/h3-11,16H,12H2,1-2H3. The molecular weight excluding hydrogens is 316 g/mol. The molecule has 0 aliphatic rings. The van der Waals surface area contributed by atoms with Crippen molar-refractivity contribution in [3.8, 4) is 0 Å². The zero-order chi connectivity index (χ0) is 16.2. The van der Waals surface area contributed by atoms with Crippen LogP contribution in [0.4, 0.5) is 0 Å². The van der Waals surface area contributed by atoms with Crippen molar-refractivity contribution in [2.75, 3.05) is 6.26 Å². The molecule has 0 radical (unpaired) electrons. The number of aryl methyl sites for hydroxylation is 1. The van der Waals surface area contributed by atoms with Crippen LogP contribution in [-0.2, 0) is 21.1 Å². The second kappa shape index (κ2) is 7.11. The van der Waals surface area contributed by atoms with E-state index in [0.717, 1.165) is 22.9 Å². The normalized spacial score (nSPS) is 12.8.